The molecule has 13 heavy (non-hydrogen) atoms. The summed E-state index contributed by atoms with van der Waals surface area (Å²) < 4.78 is 0. The monoisotopic (exact) mass is 215 g/mol. The zero-order chi connectivity index (χ0) is 9.68. The van der Waals surface area contributed by atoms with Crippen LogP contribution in [0.25, 0.3) is 0 Å². The smallest absolute Gasteiger partial charge is 0.193 e. The van der Waals surface area contributed by atoms with Gasteiger partial charge in [-0.25, -0.2) is 0 Å². The van der Waals surface area contributed by atoms with Crippen LogP contribution in [0, 0.1) is 5.41 Å². The lowest BCUT2D eigenvalue weighted by Crippen LogP contribution is -2.23. The molecular formula is C6H9N5S2. The summed E-state index contributed by atoms with van der Waals surface area (Å²) in [6.07, 6.45) is 1.76. The molecule has 0 saturated carbocycles. The Hall–Kier alpha value is -1.08. The van der Waals surface area contributed by atoms with E-state index < -0.39 is 0 Å². The highest BCUT2D eigenvalue weighted by atomic mass is 32.2. The van der Waals surface area contributed by atoms with E-state index in [0.29, 0.717) is 5.75 Å². The average Bonchev–Trinajstić information content (AvgIpc) is 2.51. The third-order valence-electron chi connectivity index (χ3n) is 1.07. The first-order chi connectivity index (χ1) is 6.18. The summed E-state index contributed by atoms with van der Waals surface area (Å²) in [5.74, 6) is 0.599. The van der Waals surface area contributed by atoms with Gasteiger partial charge < -0.3 is 11.5 Å². The Bertz CT molecular complexity index is 301. The topological polar surface area (TPSA) is 101 Å². The maximum absolute atomic E-state index is 7.32. The molecule has 1 rings (SSSR count). The maximum atomic E-state index is 7.32. The number of aliphatic imine (C=N–C) groups is 1. The lowest BCUT2D eigenvalue weighted by molar-refractivity contribution is 1.37. The molecular weight excluding hydrogens is 206 g/mol. The number of amidine groups is 1. The SMILES string of the molecule is N=C(N=C(N)N)SCc1cncs1. The van der Waals surface area contributed by atoms with Crippen LogP contribution in [0.5, 0.6) is 0 Å². The van der Waals surface area contributed by atoms with Crippen molar-refractivity contribution in [1.82, 2.24) is 4.98 Å². The van der Waals surface area contributed by atoms with Crippen molar-refractivity contribution in [2.75, 3.05) is 0 Å². The molecule has 0 radical (unpaired) electrons. The number of nitrogens with one attached hydrogen (secondary N) is 1. The Morgan fingerprint density at radius 2 is 2.46 bits per heavy atom. The minimum Gasteiger partial charge on any atom is -0.370 e. The summed E-state index contributed by atoms with van der Waals surface area (Å²) in [6, 6.07) is 0. The molecule has 1 aromatic heterocycles. The van der Waals surface area contributed by atoms with Crippen LogP contribution in [-0.4, -0.2) is 16.1 Å². The molecule has 0 amide bonds. The molecule has 0 fully saturated rings. The van der Waals surface area contributed by atoms with Crippen LogP contribution in [0.4, 0.5) is 0 Å². The van der Waals surface area contributed by atoms with Gasteiger partial charge in [-0.1, -0.05) is 11.8 Å². The van der Waals surface area contributed by atoms with Crippen molar-refractivity contribution in [3.8, 4) is 0 Å². The highest BCUT2D eigenvalue weighted by Gasteiger charge is 1.99. The Balaban J connectivity index is 2.35. The summed E-state index contributed by atoms with van der Waals surface area (Å²) in [6.45, 7) is 0. The molecule has 5 N–H and O–H groups in total. The van der Waals surface area contributed by atoms with Crippen LogP contribution in [0.2, 0.25) is 0 Å². The van der Waals surface area contributed by atoms with E-state index in [2.05, 4.69) is 9.98 Å². The Morgan fingerprint density at radius 1 is 1.69 bits per heavy atom. The molecule has 0 bridgehead atoms. The highest BCUT2D eigenvalue weighted by Crippen LogP contribution is 2.16. The van der Waals surface area contributed by atoms with Crippen LogP contribution in [0.3, 0.4) is 0 Å². The van der Waals surface area contributed by atoms with Crippen molar-refractivity contribution >= 4 is 34.2 Å². The van der Waals surface area contributed by atoms with Crippen molar-refractivity contribution in [2.45, 2.75) is 5.75 Å². The number of aromatic nitrogens is 1. The molecule has 70 valence electrons. The molecule has 1 aromatic rings. The molecule has 0 unspecified atom stereocenters. The summed E-state index contributed by atoms with van der Waals surface area (Å²) in [4.78, 5) is 8.59. The predicted octanol–water partition coefficient (Wildman–Crippen LogP) is 0.584. The van der Waals surface area contributed by atoms with Gasteiger partial charge in [0.15, 0.2) is 11.1 Å². The largest absolute Gasteiger partial charge is 0.370 e. The quantitative estimate of drug-likeness (QED) is 0.496. The third kappa shape index (κ3) is 3.90. The van der Waals surface area contributed by atoms with Crippen LogP contribution in [0.15, 0.2) is 16.7 Å². The first-order valence-corrected chi connectivity index (χ1v) is 5.23. The Kier molecular flexibility index (Phi) is 3.71. The fourth-order valence-electron chi connectivity index (χ4n) is 0.602. The molecule has 0 saturated heterocycles. The van der Waals surface area contributed by atoms with E-state index in [0.717, 1.165) is 4.88 Å². The first-order valence-electron chi connectivity index (χ1n) is 3.37. The van der Waals surface area contributed by atoms with Crippen LogP contribution in [0.1, 0.15) is 4.88 Å². The first kappa shape index (κ1) is 10.0. The normalized spacial score (nSPS) is 9.54. The van der Waals surface area contributed by atoms with Crippen molar-refractivity contribution in [3.05, 3.63) is 16.6 Å². The van der Waals surface area contributed by atoms with Gasteiger partial charge in [0.2, 0.25) is 0 Å². The van der Waals surface area contributed by atoms with Gasteiger partial charge in [0.25, 0.3) is 0 Å². The second-order valence-electron chi connectivity index (χ2n) is 2.10. The zero-order valence-corrected chi connectivity index (χ0v) is 8.36. The number of hydrogen-bond donors (Lipinski definition) is 3. The number of thiazole rings is 1. The lowest BCUT2D eigenvalue weighted by Gasteiger charge is -1.95. The van der Waals surface area contributed by atoms with Crippen molar-refractivity contribution in [3.63, 3.8) is 0 Å². The maximum Gasteiger partial charge on any atom is 0.193 e. The number of thioether (sulfide) groups is 1. The molecule has 0 atom stereocenters. The average molecular weight is 215 g/mol. The van der Waals surface area contributed by atoms with Gasteiger partial charge in [-0.2, -0.15) is 4.99 Å². The Labute approximate surface area is 83.8 Å². The van der Waals surface area contributed by atoms with Gasteiger partial charge in [-0.3, -0.25) is 10.4 Å². The molecule has 0 spiro atoms. The predicted molar refractivity (Wildman–Crippen MR) is 56.9 cm³/mol. The molecule has 5 nitrogen and oxygen atoms in total. The van der Waals surface area contributed by atoms with E-state index in [-0.39, 0.29) is 11.1 Å². The Morgan fingerprint density at radius 3 is 3.00 bits per heavy atom. The van der Waals surface area contributed by atoms with E-state index in [4.69, 9.17) is 16.9 Å². The van der Waals surface area contributed by atoms with Crippen molar-refractivity contribution in [2.24, 2.45) is 16.5 Å². The molecule has 0 aromatic carbocycles. The van der Waals surface area contributed by atoms with Crippen LogP contribution < -0.4 is 11.5 Å². The van der Waals surface area contributed by atoms with E-state index in [1.807, 2.05) is 0 Å². The zero-order valence-electron chi connectivity index (χ0n) is 6.73. The van der Waals surface area contributed by atoms with E-state index in [1.165, 1.54) is 11.8 Å². The minimum absolute atomic E-state index is 0.0817. The molecule has 0 aliphatic rings. The van der Waals surface area contributed by atoms with Gasteiger partial charge in [-0.05, 0) is 0 Å². The standard InChI is InChI=1S/C6H9N5S2/c7-5(8)11-6(9)12-2-4-1-10-3-13-4/h1,3H,2H2,(H5,7,8,9,11). The number of guanidine groups is 1. The lowest BCUT2D eigenvalue weighted by atomic mass is 10.6. The van der Waals surface area contributed by atoms with Gasteiger partial charge in [0.05, 0.1) is 5.51 Å². The number of nitrogens with zero attached hydrogens (tertiary/aromatic N) is 2. The summed E-state index contributed by atoms with van der Waals surface area (Å²) >= 11 is 2.81. The van der Waals surface area contributed by atoms with E-state index in [1.54, 1.807) is 23.0 Å². The van der Waals surface area contributed by atoms with Crippen LogP contribution >= 0.6 is 23.1 Å². The van der Waals surface area contributed by atoms with Crippen molar-refractivity contribution < 1.29 is 0 Å². The summed E-state index contributed by atoms with van der Waals surface area (Å²) in [5.41, 5.74) is 12.0. The van der Waals surface area contributed by atoms with E-state index >= 15 is 0 Å². The minimum atomic E-state index is -0.0817. The molecule has 7 heteroatoms. The number of nitrogens with two attached hydrogens (primary N) is 2. The fraction of sp³-hybridized carbons (Fsp3) is 0.167. The van der Waals surface area contributed by atoms with Gasteiger partial charge in [0, 0.05) is 16.8 Å². The van der Waals surface area contributed by atoms with Crippen molar-refractivity contribution in [1.29, 1.82) is 5.41 Å². The fourth-order valence-corrected chi connectivity index (χ4v) is 1.95. The van der Waals surface area contributed by atoms with Gasteiger partial charge >= 0.3 is 0 Å². The number of rotatable bonds is 2. The summed E-state index contributed by atoms with van der Waals surface area (Å²) in [7, 11) is 0. The molecule has 1 heterocycles. The highest BCUT2D eigenvalue weighted by molar-refractivity contribution is 8.13. The molecule has 0 aliphatic heterocycles. The van der Waals surface area contributed by atoms with E-state index in [9.17, 15) is 0 Å². The summed E-state index contributed by atoms with van der Waals surface area (Å²) in [5, 5.41) is 7.44. The second-order valence-corrected chi connectivity index (χ2v) is 4.03. The van der Waals surface area contributed by atoms with Crippen LogP contribution in [-0.2, 0) is 5.75 Å². The second kappa shape index (κ2) is 4.83. The van der Waals surface area contributed by atoms with Gasteiger partial charge in [-0.15, -0.1) is 11.3 Å². The molecule has 0 aliphatic carbocycles. The van der Waals surface area contributed by atoms with Gasteiger partial charge in [0.1, 0.15) is 0 Å². The third-order valence-corrected chi connectivity index (χ3v) is 2.85. The number of hydrogen-bond acceptors (Lipinski definition) is 4.